The minimum absolute atomic E-state index is 0.0240. The highest BCUT2D eigenvalue weighted by Crippen LogP contribution is 2.38. The number of carboxylic acids is 1. The number of fused-ring (bicyclic) bond motifs is 1. The van der Waals surface area contributed by atoms with Crippen LogP contribution in [0.25, 0.3) is 10.9 Å². The van der Waals surface area contributed by atoms with E-state index >= 15 is 0 Å². The van der Waals surface area contributed by atoms with Gasteiger partial charge in [0.1, 0.15) is 0 Å². The van der Waals surface area contributed by atoms with E-state index in [9.17, 15) is 9.90 Å². The minimum atomic E-state index is -0.888. The van der Waals surface area contributed by atoms with Crippen LogP contribution in [-0.4, -0.2) is 22.2 Å². The molecule has 5 aromatic rings. The van der Waals surface area contributed by atoms with E-state index in [4.69, 9.17) is 17.3 Å². The molecule has 0 aliphatic carbocycles. The largest absolute Gasteiger partial charge is 0.478 e. The van der Waals surface area contributed by atoms with E-state index in [1.54, 1.807) is 12.1 Å². The number of carbonyl (C=O) groups is 1. The normalized spacial score (nSPS) is 11.3. The number of nitrogens with zero attached hydrogens (tertiary/aromatic N) is 1. The number of hydrogen-bond donors (Lipinski definition) is 2. The molecular weight excluding hydrogens is 492 g/mol. The molecule has 38 heavy (non-hydrogen) atoms. The number of aromatic carboxylic acids is 1. The second-order valence-corrected chi connectivity index (χ2v) is 9.97. The van der Waals surface area contributed by atoms with Crippen molar-refractivity contribution in [2.45, 2.75) is 31.7 Å². The monoisotopic (exact) mass is 522 g/mol. The van der Waals surface area contributed by atoms with Gasteiger partial charge in [-0.1, -0.05) is 90.5 Å². The van der Waals surface area contributed by atoms with Gasteiger partial charge in [0.25, 0.3) is 0 Å². The molecule has 1 aromatic heterocycles. The minimum Gasteiger partial charge on any atom is -0.478 e. The summed E-state index contributed by atoms with van der Waals surface area (Å²) >= 11 is 6.53. The molecule has 192 valence electrons. The van der Waals surface area contributed by atoms with E-state index in [1.807, 2.05) is 30.3 Å². The lowest BCUT2D eigenvalue weighted by atomic mass is 9.96. The van der Waals surface area contributed by atoms with Gasteiger partial charge in [-0.25, -0.2) is 4.79 Å². The van der Waals surface area contributed by atoms with E-state index in [0.29, 0.717) is 23.6 Å². The van der Waals surface area contributed by atoms with Crippen LogP contribution in [0.5, 0.6) is 0 Å². The Morgan fingerprint density at radius 1 is 0.816 bits per heavy atom. The number of aromatic nitrogens is 1. The highest BCUT2D eigenvalue weighted by Gasteiger charge is 2.25. The molecule has 0 saturated heterocycles. The Morgan fingerprint density at radius 3 is 2.08 bits per heavy atom. The quantitative estimate of drug-likeness (QED) is 0.202. The number of carboxylic acid groups (broad SMARTS) is 1. The molecular formula is C33H31ClN2O2. The summed E-state index contributed by atoms with van der Waals surface area (Å²) < 4.78 is 2.43. The molecule has 0 amide bonds. The maximum Gasteiger partial charge on any atom is 0.335 e. The number of aryl methyl sites for hydroxylation is 2. The number of nitrogens with two attached hydrogens (primary N) is 1. The lowest BCUT2D eigenvalue weighted by Gasteiger charge is -2.25. The molecule has 0 bridgehead atoms. The van der Waals surface area contributed by atoms with Gasteiger partial charge in [-0.3, -0.25) is 0 Å². The van der Waals surface area contributed by atoms with Crippen LogP contribution in [0.4, 0.5) is 0 Å². The molecule has 0 saturated carbocycles. The fraction of sp³-hybridized carbons (Fsp3) is 0.182. The van der Waals surface area contributed by atoms with Crippen molar-refractivity contribution >= 4 is 28.5 Å². The Hall–Kier alpha value is -3.86. The third kappa shape index (κ3) is 5.24. The van der Waals surface area contributed by atoms with Crippen molar-refractivity contribution in [3.8, 4) is 0 Å². The van der Waals surface area contributed by atoms with Crippen molar-refractivity contribution in [3.63, 3.8) is 0 Å². The second-order valence-electron chi connectivity index (χ2n) is 9.54. The van der Waals surface area contributed by atoms with Gasteiger partial charge in [0.05, 0.1) is 11.6 Å². The Morgan fingerprint density at radius 2 is 1.45 bits per heavy atom. The van der Waals surface area contributed by atoms with Crippen LogP contribution >= 0.6 is 11.6 Å². The predicted molar refractivity (Wildman–Crippen MR) is 155 cm³/mol. The first-order chi connectivity index (χ1) is 18.6. The SMILES string of the molecule is NCCc1c(CCCc2ccccc2C(=O)O)c2cc(Cl)ccc2n1C(c1ccccc1)c1ccccc1. The smallest absolute Gasteiger partial charge is 0.335 e. The van der Waals surface area contributed by atoms with Crippen LogP contribution < -0.4 is 5.73 Å². The summed E-state index contributed by atoms with van der Waals surface area (Å²) in [4.78, 5) is 11.7. The lowest BCUT2D eigenvalue weighted by Crippen LogP contribution is -2.18. The Balaban J connectivity index is 1.64. The first-order valence-electron chi connectivity index (χ1n) is 13.0. The first-order valence-corrected chi connectivity index (χ1v) is 13.4. The van der Waals surface area contributed by atoms with Crippen molar-refractivity contribution in [3.05, 3.63) is 142 Å². The van der Waals surface area contributed by atoms with Crippen molar-refractivity contribution in [2.75, 3.05) is 6.54 Å². The third-order valence-electron chi connectivity index (χ3n) is 7.17. The van der Waals surface area contributed by atoms with Gasteiger partial charge < -0.3 is 15.4 Å². The Labute approximate surface area is 228 Å². The maximum absolute atomic E-state index is 11.7. The predicted octanol–water partition coefficient (Wildman–Crippen LogP) is 7.31. The summed E-state index contributed by atoms with van der Waals surface area (Å²) in [5.41, 5.74) is 13.4. The molecule has 5 heteroatoms. The second kappa shape index (κ2) is 11.7. The summed E-state index contributed by atoms with van der Waals surface area (Å²) in [5.74, 6) is -0.888. The number of halogens is 1. The Bertz CT molecular complexity index is 1500. The molecule has 5 rings (SSSR count). The average molecular weight is 523 g/mol. The molecule has 3 N–H and O–H groups in total. The van der Waals surface area contributed by atoms with Crippen LogP contribution in [0.15, 0.2) is 103 Å². The standard InChI is InChI=1S/C33H31ClN2O2/c34-26-18-19-30-29(22-26)28(17-9-15-23-10-7-8-16-27(23)33(37)38)31(20-21-35)36(30)32(24-11-3-1-4-12-24)25-13-5-2-6-14-25/h1-8,10-14,16,18-19,22,32H,9,15,17,20-21,35H2,(H,37,38). The number of rotatable bonds is 10. The third-order valence-corrected chi connectivity index (χ3v) is 7.41. The molecule has 0 spiro atoms. The summed E-state index contributed by atoms with van der Waals surface area (Å²) in [6.45, 7) is 0.523. The van der Waals surface area contributed by atoms with Crippen LogP contribution in [0, 0.1) is 0 Å². The maximum atomic E-state index is 11.7. The van der Waals surface area contributed by atoms with Gasteiger partial charge in [0.2, 0.25) is 0 Å². The molecule has 0 fully saturated rings. The van der Waals surface area contributed by atoms with E-state index in [-0.39, 0.29) is 6.04 Å². The zero-order valence-corrected chi connectivity index (χ0v) is 21.9. The van der Waals surface area contributed by atoms with Crippen molar-refractivity contribution in [1.29, 1.82) is 0 Å². The molecule has 0 radical (unpaired) electrons. The van der Waals surface area contributed by atoms with E-state index in [2.05, 4.69) is 65.2 Å². The van der Waals surface area contributed by atoms with Crippen LogP contribution in [0.3, 0.4) is 0 Å². The van der Waals surface area contributed by atoms with Crippen LogP contribution in [-0.2, 0) is 19.3 Å². The lowest BCUT2D eigenvalue weighted by molar-refractivity contribution is 0.0695. The zero-order chi connectivity index (χ0) is 26.5. The number of hydrogen-bond acceptors (Lipinski definition) is 2. The van der Waals surface area contributed by atoms with E-state index in [1.165, 1.54) is 22.4 Å². The van der Waals surface area contributed by atoms with E-state index in [0.717, 1.165) is 35.7 Å². The fourth-order valence-corrected chi connectivity index (χ4v) is 5.72. The van der Waals surface area contributed by atoms with Gasteiger partial charge in [0, 0.05) is 28.0 Å². The molecule has 0 unspecified atom stereocenters. The van der Waals surface area contributed by atoms with Crippen molar-refractivity contribution in [2.24, 2.45) is 5.73 Å². The van der Waals surface area contributed by atoms with Crippen LogP contribution in [0.1, 0.15) is 50.8 Å². The fourth-order valence-electron chi connectivity index (χ4n) is 5.55. The molecule has 4 aromatic carbocycles. The summed E-state index contributed by atoms with van der Waals surface area (Å²) in [6.07, 6.45) is 3.01. The van der Waals surface area contributed by atoms with Crippen molar-refractivity contribution < 1.29 is 9.90 Å². The van der Waals surface area contributed by atoms with Gasteiger partial charge in [-0.05, 0) is 72.3 Å². The highest BCUT2D eigenvalue weighted by molar-refractivity contribution is 6.31. The first kappa shape index (κ1) is 25.8. The zero-order valence-electron chi connectivity index (χ0n) is 21.2. The summed E-state index contributed by atoms with van der Waals surface area (Å²) in [5, 5.41) is 11.4. The molecule has 0 aliphatic heterocycles. The topological polar surface area (TPSA) is 68.2 Å². The van der Waals surface area contributed by atoms with E-state index < -0.39 is 5.97 Å². The average Bonchev–Trinajstić information content (AvgIpc) is 3.22. The molecule has 0 aliphatic rings. The summed E-state index contributed by atoms with van der Waals surface area (Å²) in [6, 6.07) is 34.5. The van der Waals surface area contributed by atoms with Gasteiger partial charge in [-0.15, -0.1) is 0 Å². The molecule has 0 atom stereocenters. The van der Waals surface area contributed by atoms with Gasteiger partial charge >= 0.3 is 5.97 Å². The summed E-state index contributed by atoms with van der Waals surface area (Å²) in [7, 11) is 0. The van der Waals surface area contributed by atoms with Crippen LogP contribution in [0.2, 0.25) is 5.02 Å². The Kier molecular flexibility index (Phi) is 7.92. The van der Waals surface area contributed by atoms with Gasteiger partial charge in [0.15, 0.2) is 0 Å². The van der Waals surface area contributed by atoms with Gasteiger partial charge in [-0.2, -0.15) is 0 Å². The van der Waals surface area contributed by atoms with Crippen molar-refractivity contribution in [1.82, 2.24) is 4.57 Å². The molecule has 1 heterocycles. The highest BCUT2D eigenvalue weighted by atomic mass is 35.5. The number of benzene rings is 4. The molecule has 4 nitrogen and oxygen atoms in total.